The van der Waals surface area contributed by atoms with Crippen LogP contribution in [0.15, 0.2) is 23.8 Å². The van der Waals surface area contributed by atoms with Crippen LogP contribution in [-0.2, 0) is 0 Å². The lowest BCUT2D eigenvalue weighted by atomic mass is 10.0. The van der Waals surface area contributed by atoms with Crippen LogP contribution in [0.25, 0.3) is 5.57 Å². The average molecular weight is 201 g/mol. The fraction of sp³-hybridized carbons (Fsp3) is 0.250. The number of allylic oxidation sites excluding steroid dienone is 2. The minimum absolute atomic E-state index is 0.259. The van der Waals surface area contributed by atoms with Gasteiger partial charge in [-0.3, -0.25) is 0 Å². The summed E-state index contributed by atoms with van der Waals surface area (Å²) < 4.78 is 10.5. The van der Waals surface area contributed by atoms with Gasteiger partial charge in [-0.15, -0.1) is 0 Å². The summed E-state index contributed by atoms with van der Waals surface area (Å²) in [4.78, 5) is 0. The lowest BCUT2D eigenvalue weighted by molar-refractivity contribution is 0.174. The SMILES string of the molecule is CC(C)=C(C#N)c1ccc2c(c1)OCO2. The molecule has 3 heteroatoms. The van der Waals surface area contributed by atoms with Crippen LogP contribution < -0.4 is 9.47 Å². The second-order valence-electron chi connectivity index (χ2n) is 3.55. The molecule has 76 valence electrons. The number of ether oxygens (including phenoxy) is 2. The summed E-state index contributed by atoms with van der Waals surface area (Å²) in [6, 6.07) is 7.74. The first-order valence-corrected chi connectivity index (χ1v) is 4.70. The molecule has 0 aliphatic carbocycles. The quantitative estimate of drug-likeness (QED) is 0.656. The van der Waals surface area contributed by atoms with E-state index in [-0.39, 0.29) is 6.79 Å². The number of nitriles is 1. The van der Waals surface area contributed by atoms with E-state index in [1.54, 1.807) is 0 Å². The van der Waals surface area contributed by atoms with E-state index in [1.165, 1.54) is 0 Å². The molecule has 3 nitrogen and oxygen atoms in total. The molecule has 15 heavy (non-hydrogen) atoms. The Labute approximate surface area is 88.5 Å². The van der Waals surface area contributed by atoms with Crippen molar-refractivity contribution < 1.29 is 9.47 Å². The standard InChI is InChI=1S/C12H11NO2/c1-8(2)10(6-13)9-3-4-11-12(5-9)15-7-14-11/h3-5H,7H2,1-2H3. The Morgan fingerprint density at radius 3 is 2.67 bits per heavy atom. The Balaban J connectivity index is 2.48. The minimum atomic E-state index is 0.259. The highest BCUT2D eigenvalue weighted by Crippen LogP contribution is 2.34. The summed E-state index contributed by atoms with van der Waals surface area (Å²) >= 11 is 0. The molecule has 0 spiro atoms. The van der Waals surface area contributed by atoms with Crippen molar-refractivity contribution in [1.29, 1.82) is 5.26 Å². The first-order valence-electron chi connectivity index (χ1n) is 4.70. The third kappa shape index (κ3) is 1.66. The van der Waals surface area contributed by atoms with E-state index in [1.807, 2.05) is 32.0 Å². The van der Waals surface area contributed by atoms with Gasteiger partial charge in [0.2, 0.25) is 6.79 Å². The molecule has 0 fully saturated rings. The van der Waals surface area contributed by atoms with Crippen LogP contribution in [0.5, 0.6) is 11.5 Å². The highest BCUT2D eigenvalue weighted by Gasteiger charge is 2.14. The van der Waals surface area contributed by atoms with E-state index >= 15 is 0 Å². The minimum Gasteiger partial charge on any atom is -0.454 e. The molecular weight excluding hydrogens is 190 g/mol. The van der Waals surface area contributed by atoms with Gasteiger partial charge in [0.05, 0.1) is 11.6 Å². The molecule has 0 saturated heterocycles. The Bertz CT molecular complexity index is 465. The molecular formula is C12H11NO2. The van der Waals surface area contributed by atoms with Crippen LogP contribution in [0.3, 0.4) is 0 Å². The van der Waals surface area contributed by atoms with E-state index in [9.17, 15) is 0 Å². The third-order valence-corrected chi connectivity index (χ3v) is 2.27. The maximum atomic E-state index is 9.02. The number of benzene rings is 1. The average Bonchev–Trinajstić information content (AvgIpc) is 2.65. The fourth-order valence-corrected chi connectivity index (χ4v) is 1.52. The number of rotatable bonds is 1. The number of hydrogen-bond donors (Lipinski definition) is 0. The van der Waals surface area contributed by atoms with Crippen LogP contribution in [0.2, 0.25) is 0 Å². The molecule has 1 aromatic rings. The summed E-state index contributed by atoms with van der Waals surface area (Å²) in [7, 11) is 0. The Kier molecular flexibility index (Phi) is 2.34. The van der Waals surface area contributed by atoms with E-state index in [0.29, 0.717) is 11.3 Å². The zero-order chi connectivity index (χ0) is 10.8. The van der Waals surface area contributed by atoms with Gasteiger partial charge in [-0.1, -0.05) is 5.57 Å². The highest BCUT2D eigenvalue weighted by atomic mass is 16.7. The molecule has 0 unspecified atom stereocenters. The Morgan fingerprint density at radius 2 is 2.00 bits per heavy atom. The van der Waals surface area contributed by atoms with Crippen LogP contribution in [-0.4, -0.2) is 6.79 Å². The maximum absolute atomic E-state index is 9.02. The van der Waals surface area contributed by atoms with Gasteiger partial charge in [0.1, 0.15) is 0 Å². The van der Waals surface area contributed by atoms with Crippen molar-refractivity contribution in [3.63, 3.8) is 0 Å². The van der Waals surface area contributed by atoms with E-state index < -0.39 is 0 Å². The second kappa shape index (κ2) is 3.66. The molecule has 1 aromatic carbocycles. The maximum Gasteiger partial charge on any atom is 0.231 e. The molecule has 0 N–H and O–H groups in total. The van der Waals surface area contributed by atoms with Crippen LogP contribution in [0, 0.1) is 11.3 Å². The van der Waals surface area contributed by atoms with Gasteiger partial charge in [0.25, 0.3) is 0 Å². The number of fused-ring (bicyclic) bond motifs is 1. The van der Waals surface area contributed by atoms with Gasteiger partial charge in [-0.2, -0.15) is 5.26 Å². The molecule has 0 bridgehead atoms. The predicted molar refractivity (Wildman–Crippen MR) is 56.4 cm³/mol. The fourth-order valence-electron chi connectivity index (χ4n) is 1.52. The van der Waals surface area contributed by atoms with Crippen molar-refractivity contribution >= 4 is 5.57 Å². The topological polar surface area (TPSA) is 42.2 Å². The summed E-state index contributed by atoms with van der Waals surface area (Å²) in [5, 5.41) is 9.02. The molecule has 0 amide bonds. The highest BCUT2D eigenvalue weighted by molar-refractivity contribution is 5.80. The normalized spacial score (nSPS) is 12.1. The Hall–Kier alpha value is -1.95. The van der Waals surface area contributed by atoms with Gasteiger partial charge < -0.3 is 9.47 Å². The molecule has 2 rings (SSSR count). The molecule has 1 aliphatic heterocycles. The van der Waals surface area contributed by atoms with Gasteiger partial charge in [0.15, 0.2) is 11.5 Å². The number of hydrogen-bond acceptors (Lipinski definition) is 3. The monoisotopic (exact) mass is 201 g/mol. The van der Waals surface area contributed by atoms with Crippen molar-refractivity contribution in [3.05, 3.63) is 29.3 Å². The first kappa shape index (κ1) is 9.60. The van der Waals surface area contributed by atoms with Crippen molar-refractivity contribution in [2.24, 2.45) is 0 Å². The molecule has 0 aromatic heterocycles. The summed E-state index contributed by atoms with van der Waals surface area (Å²) in [6.45, 7) is 4.10. The molecule has 0 saturated carbocycles. The lowest BCUT2D eigenvalue weighted by Gasteiger charge is -2.02. The predicted octanol–water partition coefficient (Wildman–Crippen LogP) is 2.73. The zero-order valence-electron chi connectivity index (χ0n) is 8.70. The second-order valence-corrected chi connectivity index (χ2v) is 3.55. The summed E-state index contributed by atoms with van der Waals surface area (Å²) in [5.41, 5.74) is 2.56. The van der Waals surface area contributed by atoms with Crippen LogP contribution in [0.4, 0.5) is 0 Å². The van der Waals surface area contributed by atoms with Crippen LogP contribution in [0.1, 0.15) is 19.4 Å². The van der Waals surface area contributed by atoms with Gasteiger partial charge in [-0.25, -0.2) is 0 Å². The van der Waals surface area contributed by atoms with E-state index in [0.717, 1.165) is 16.9 Å². The van der Waals surface area contributed by atoms with Crippen molar-refractivity contribution in [2.75, 3.05) is 6.79 Å². The molecule has 1 aliphatic rings. The summed E-state index contributed by atoms with van der Waals surface area (Å²) in [5.74, 6) is 1.45. The molecule has 0 atom stereocenters. The zero-order valence-corrected chi connectivity index (χ0v) is 8.70. The van der Waals surface area contributed by atoms with Crippen molar-refractivity contribution in [3.8, 4) is 17.6 Å². The first-order chi connectivity index (χ1) is 7.22. The van der Waals surface area contributed by atoms with Crippen LogP contribution >= 0.6 is 0 Å². The molecule has 1 heterocycles. The summed E-state index contributed by atoms with van der Waals surface area (Å²) in [6.07, 6.45) is 0. The smallest absolute Gasteiger partial charge is 0.231 e. The third-order valence-electron chi connectivity index (χ3n) is 2.27. The van der Waals surface area contributed by atoms with Gasteiger partial charge >= 0.3 is 0 Å². The van der Waals surface area contributed by atoms with Crippen molar-refractivity contribution in [2.45, 2.75) is 13.8 Å². The van der Waals surface area contributed by atoms with E-state index in [2.05, 4.69) is 6.07 Å². The van der Waals surface area contributed by atoms with Gasteiger partial charge in [-0.05, 0) is 37.6 Å². The van der Waals surface area contributed by atoms with Crippen molar-refractivity contribution in [1.82, 2.24) is 0 Å². The Morgan fingerprint density at radius 1 is 1.27 bits per heavy atom. The lowest BCUT2D eigenvalue weighted by Crippen LogP contribution is -1.92. The number of nitrogens with zero attached hydrogens (tertiary/aromatic N) is 1. The van der Waals surface area contributed by atoms with Gasteiger partial charge in [0, 0.05) is 0 Å². The van der Waals surface area contributed by atoms with E-state index in [4.69, 9.17) is 14.7 Å². The largest absolute Gasteiger partial charge is 0.454 e. The molecule has 0 radical (unpaired) electrons.